The van der Waals surface area contributed by atoms with E-state index in [0.717, 1.165) is 29.6 Å². The summed E-state index contributed by atoms with van der Waals surface area (Å²) in [5, 5.41) is 3.75. The number of rotatable bonds is 10. The summed E-state index contributed by atoms with van der Waals surface area (Å²) in [6.07, 6.45) is 1.19. The van der Waals surface area contributed by atoms with Crippen LogP contribution in [0.2, 0.25) is 5.02 Å². The third kappa shape index (κ3) is 6.88. The average molecular weight is 445 g/mol. The Kier molecular flexibility index (Phi) is 8.85. The van der Waals surface area contributed by atoms with Crippen LogP contribution in [0.4, 0.5) is 4.39 Å². The molecule has 2 rings (SSSR count). The van der Waals surface area contributed by atoms with E-state index in [-0.39, 0.29) is 18.5 Å². The maximum Gasteiger partial charge on any atom is 0.131 e. The predicted octanol–water partition coefficient (Wildman–Crippen LogP) is 5.73. The largest absolute Gasteiger partial charge is 0.488 e. The molecule has 0 saturated heterocycles. The van der Waals surface area contributed by atoms with Crippen molar-refractivity contribution in [1.82, 2.24) is 5.32 Å². The SMILES string of the molecule is CC(C)OCCCNCc1cc(Br)ccc1OCc1c(F)cccc1Cl. The van der Waals surface area contributed by atoms with Gasteiger partial charge in [-0.1, -0.05) is 33.6 Å². The van der Waals surface area contributed by atoms with Crippen LogP contribution >= 0.6 is 27.5 Å². The summed E-state index contributed by atoms with van der Waals surface area (Å²) in [6, 6.07) is 10.4. The van der Waals surface area contributed by atoms with Gasteiger partial charge in [0, 0.05) is 28.8 Å². The topological polar surface area (TPSA) is 30.5 Å². The van der Waals surface area contributed by atoms with Gasteiger partial charge in [-0.15, -0.1) is 0 Å². The Morgan fingerprint density at radius 1 is 1.23 bits per heavy atom. The Balaban J connectivity index is 1.92. The molecule has 2 aromatic carbocycles. The third-order valence-electron chi connectivity index (χ3n) is 3.72. The van der Waals surface area contributed by atoms with Gasteiger partial charge in [-0.2, -0.15) is 0 Å². The Morgan fingerprint density at radius 3 is 2.77 bits per heavy atom. The van der Waals surface area contributed by atoms with Gasteiger partial charge in [-0.3, -0.25) is 0 Å². The standard InChI is InChI=1S/C20H24BrClFNO2/c1-14(2)25-10-4-9-24-12-15-11-16(21)7-8-20(15)26-13-17-18(22)5-3-6-19(17)23/h3,5-8,11,14,24H,4,9-10,12-13H2,1-2H3. The van der Waals surface area contributed by atoms with E-state index in [1.54, 1.807) is 12.1 Å². The van der Waals surface area contributed by atoms with Gasteiger partial charge in [0.1, 0.15) is 18.2 Å². The van der Waals surface area contributed by atoms with Crippen LogP contribution in [-0.4, -0.2) is 19.3 Å². The molecular formula is C20H24BrClFNO2. The van der Waals surface area contributed by atoms with Crippen LogP contribution in [0.15, 0.2) is 40.9 Å². The lowest BCUT2D eigenvalue weighted by Gasteiger charge is -2.14. The molecule has 0 saturated carbocycles. The molecule has 6 heteroatoms. The van der Waals surface area contributed by atoms with Gasteiger partial charge >= 0.3 is 0 Å². The summed E-state index contributed by atoms with van der Waals surface area (Å²) in [5.41, 5.74) is 1.36. The van der Waals surface area contributed by atoms with Crippen LogP contribution in [0.25, 0.3) is 0 Å². The van der Waals surface area contributed by atoms with E-state index in [1.807, 2.05) is 32.0 Å². The molecule has 142 valence electrons. The van der Waals surface area contributed by atoms with Crippen molar-refractivity contribution in [2.45, 2.75) is 39.5 Å². The first-order valence-electron chi connectivity index (χ1n) is 8.64. The highest BCUT2D eigenvalue weighted by atomic mass is 79.9. The number of benzene rings is 2. The number of hydrogen-bond donors (Lipinski definition) is 1. The molecule has 0 aliphatic carbocycles. The molecule has 0 atom stereocenters. The molecule has 0 radical (unpaired) electrons. The quantitative estimate of drug-likeness (QED) is 0.475. The van der Waals surface area contributed by atoms with Crippen LogP contribution in [0.1, 0.15) is 31.4 Å². The van der Waals surface area contributed by atoms with Gasteiger partial charge in [-0.05, 0) is 57.1 Å². The van der Waals surface area contributed by atoms with Gasteiger partial charge in [0.05, 0.1) is 11.1 Å². The lowest BCUT2D eigenvalue weighted by Crippen LogP contribution is -2.18. The Labute approximate surface area is 168 Å². The van der Waals surface area contributed by atoms with Crippen LogP contribution in [-0.2, 0) is 17.9 Å². The van der Waals surface area contributed by atoms with Gasteiger partial charge in [0.25, 0.3) is 0 Å². The maximum absolute atomic E-state index is 13.9. The van der Waals surface area contributed by atoms with Crippen molar-refractivity contribution in [1.29, 1.82) is 0 Å². The highest BCUT2D eigenvalue weighted by molar-refractivity contribution is 9.10. The minimum absolute atomic E-state index is 0.0857. The van der Waals surface area contributed by atoms with Crippen molar-refractivity contribution < 1.29 is 13.9 Å². The number of ether oxygens (including phenoxy) is 2. The summed E-state index contributed by atoms with van der Waals surface area (Å²) < 4.78 is 26.2. The third-order valence-corrected chi connectivity index (χ3v) is 4.57. The zero-order valence-corrected chi connectivity index (χ0v) is 17.4. The summed E-state index contributed by atoms with van der Waals surface area (Å²) >= 11 is 9.54. The monoisotopic (exact) mass is 443 g/mol. The number of nitrogens with one attached hydrogen (secondary N) is 1. The Hall–Kier alpha value is -1.14. The summed E-state index contributed by atoms with van der Waals surface area (Å²) in [4.78, 5) is 0. The molecule has 0 unspecified atom stereocenters. The molecule has 0 aliphatic rings. The van der Waals surface area contributed by atoms with Gasteiger partial charge in [0.15, 0.2) is 0 Å². The normalized spacial score (nSPS) is 11.2. The van der Waals surface area contributed by atoms with E-state index in [4.69, 9.17) is 21.1 Å². The molecular weight excluding hydrogens is 421 g/mol. The van der Waals surface area contributed by atoms with E-state index in [2.05, 4.69) is 21.2 Å². The zero-order chi connectivity index (χ0) is 18.9. The van der Waals surface area contributed by atoms with Crippen LogP contribution < -0.4 is 10.1 Å². The molecule has 0 aromatic heterocycles. The number of hydrogen-bond acceptors (Lipinski definition) is 3. The number of halogens is 3. The molecule has 2 aromatic rings. The van der Waals surface area contributed by atoms with Gasteiger partial charge < -0.3 is 14.8 Å². The van der Waals surface area contributed by atoms with Crippen molar-refractivity contribution in [2.75, 3.05) is 13.2 Å². The highest BCUT2D eigenvalue weighted by Crippen LogP contribution is 2.26. The van der Waals surface area contributed by atoms with E-state index in [9.17, 15) is 4.39 Å². The Bertz CT molecular complexity index is 692. The van der Waals surface area contributed by atoms with Crippen LogP contribution in [0.5, 0.6) is 5.75 Å². The summed E-state index contributed by atoms with van der Waals surface area (Å²) in [7, 11) is 0. The molecule has 0 amide bonds. The first kappa shape index (κ1) is 21.2. The second-order valence-electron chi connectivity index (χ2n) is 6.19. The summed E-state index contributed by atoms with van der Waals surface area (Å²) in [5.74, 6) is 0.345. The summed E-state index contributed by atoms with van der Waals surface area (Å²) in [6.45, 7) is 6.38. The minimum Gasteiger partial charge on any atom is -0.488 e. The molecule has 0 spiro atoms. The van der Waals surface area contributed by atoms with Crippen molar-refractivity contribution in [2.24, 2.45) is 0 Å². The molecule has 0 aliphatic heterocycles. The first-order chi connectivity index (χ1) is 12.5. The van der Waals surface area contributed by atoms with Crippen molar-refractivity contribution >= 4 is 27.5 Å². The van der Waals surface area contributed by atoms with Crippen molar-refractivity contribution in [3.05, 3.63) is 62.8 Å². The first-order valence-corrected chi connectivity index (χ1v) is 9.81. The molecule has 0 fully saturated rings. The van der Waals surface area contributed by atoms with Crippen LogP contribution in [0, 0.1) is 5.82 Å². The Morgan fingerprint density at radius 2 is 2.04 bits per heavy atom. The highest BCUT2D eigenvalue weighted by Gasteiger charge is 2.10. The van der Waals surface area contributed by atoms with Crippen LogP contribution in [0.3, 0.4) is 0 Å². The van der Waals surface area contributed by atoms with E-state index < -0.39 is 0 Å². The average Bonchev–Trinajstić information content (AvgIpc) is 2.58. The van der Waals surface area contributed by atoms with Crippen molar-refractivity contribution in [3.63, 3.8) is 0 Å². The molecule has 26 heavy (non-hydrogen) atoms. The predicted molar refractivity (Wildman–Crippen MR) is 107 cm³/mol. The smallest absolute Gasteiger partial charge is 0.131 e. The lowest BCUT2D eigenvalue weighted by atomic mass is 10.2. The van der Waals surface area contributed by atoms with E-state index >= 15 is 0 Å². The second kappa shape index (κ2) is 10.9. The fourth-order valence-corrected chi connectivity index (χ4v) is 3.01. The van der Waals surface area contributed by atoms with Gasteiger partial charge in [-0.25, -0.2) is 4.39 Å². The van der Waals surface area contributed by atoms with Gasteiger partial charge in [0.2, 0.25) is 0 Å². The molecule has 1 N–H and O–H groups in total. The minimum atomic E-state index is -0.362. The maximum atomic E-state index is 13.9. The van der Waals surface area contributed by atoms with Crippen molar-refractivity contribution in [3.8, 4) is 5.75 Å². The van der Waals surface area contributed by atoms with E-state index in [0.29, 0.717) is 22.9 Å². The van der Waals surface area contributed by atoms with E-state index in [1.165, 1.54) is 6.07 Å². The fraction of sp³-hybridized carbons (Fsp3) is 0.400. The zero-order valence-electron chi connectivity index (χ0n) is 15.0. The lowest BCUT2D eigenvalue weighted by molar-refractivity contribution is 0.0770. The molecule has 0 bridgehead atoms. The molecule has 3 nitrogen and oxygen atoms in total. The fourth-order valence-electron chi connectivity index (χ4n) is 2.39. The molecule has 0 heterocycles. The second-order valence-corrected chi connectivity index (χ2v) is 7.51.